The lowest BCUT2D eigenvalue weighted by Crippen LogP contribution is -2.30. The molecule has 0 aliphatic carbocycles. The number of ether oxygens (including phenoxy) is 3. The molecule has 0 aliphatic heterocycles. The van der Waals surface area contributed by atoms with Crippen LogP contribution in [0.5, 0.6) is 0 Å². The van der Waals surface area contributed by atoms with Crippen LogP contribution in [-0.2, 0) is 28.6 Å². The van der Waals surface area contributed by atoms with Gasteiger partial charge in [-0.2, -0.15) is 0 Å². The Labute approximate surface area is 429 Å². The second-order valence-corrected chi connectivity index (χ2v) is 20.6. The highest BCUT2D eigenvalue weighted by molar-refractivity contribution is 5.71. The quantitative estimate of drug-likeness (QED) is 0.0261. The normalized spacial score (nSPS) is 12.2. The highest BCUT2D eigenvalue weighted by Crippen LogP contribution is 2.17. The fraction of sp³-hybridized carbons (Fsp3) is 0.857. The fourth-order valence-corrected chi connectivity index (χ4v) is 9.00. The number of unbranched alkanes of at least 4 members (excludes halogenated alkanes) is 39. The second kappa shape index (κ2) is 58.2. The first-order valence-electron chi connectivity index (χ1n) is 30.5. The standard InChI is InChI=1S/C63H116O6/c1-4-7-10-13-16-19-22-24-26-28-29-30-31-32-33-35-36-38-41-44-47-50-53-56-62(65)68-59-60(58-67-61(64)55-52-49-46-43-40-21-18-15-12-9-6-3)69-63(66)57-54-51-48-45-42-39-37-34-27-25-23-20-17-14-11-8-5-2/h17,20,25,27-29,60H,4-16,18-19,21-24,26,30-59H2,1-3H3/b20-17-,27-25-,29-28-. The van der Waals surface area contributed by atoms with Gasteiger partial charge in [0, 0.05) is 19.3 Å². The molecule has 0 aromatic heterocycles. The molecule has 0 fully saturated rings. The molecular formula is C63H116O6. The van der Waals surface area contributed by atoms with Crippen LogP contribution in [0.25, 0.3) is 0 Å². The Morgan fingerprint density at radius 2 is 0.522 bits per heavy atom. The monoisotopic (exact) mass is 969 g/mol. The minimum Gasteiger partial charge on any atom is -0.462 e. The molecule has 6 nitrogen and oxygen atoms in total. The maximum Gasteiger partial charge on any atom is 0.306 e. The summed E-state index contributed by atoms with van der Waals surface area (Å²) in [6.07, 6.45) is 70.0. The number of esters is 3. The predicted molar refractivity (Wildman–Crippen MR) is 298 cm³/mol. The van der Waals surface area contributed by atoms with Crippen molar-refractivity contribution in [3.8, 4) is 0 Å². The van der Waals surface area contributed by atoms with E-state index in [1.165, 1.54) is 218 Å². The summed E-state index contributed by atoms with van der Waals surface area (Å²) in [7, 11) is 0. The van der Waals surface area contributed by atoms with Gasteiger partial charge in [0.05, 0.1) is 0 Å². The number of allylic oxidation sites excluding steroid dienone is 6. The van der Waals surface area contributed by atoms with Gasteiger partial charge in [-0.05, 0) is 77.0 Å². The highest BCUT2D eigenvalue weighted by atomic mass is 16.6. The summed E-state index contributed by atoms with van der Waals surface area (Å²) in [6, 6.07) is 0. The topological polar surface area (TPSA) is 78.9 Å². The molecule has 0 aromatic rings. The lowest BCUT2D eigenvalue weighted by Gasteiger charge is -2.18. The van der Waals surface area contributed by atoms with Gasteiger partial charge >= 0.3 is 17.9 Å². The van der Waals surface area contributed by atoms with Crippen molar-refractivity contribution >= 4 is 17.9 Å². The first-order valence-corrected chi connectivity index (χ1v) is 30.5. The molecule has 0 bridgehead atoms. The molecule has 0 rings (SSSR count). The molecule has 69 heavy (non-hydrogen) atoms. The van der Waals surface area contributed by atoms with Crippen molar-refractivity contribution in [2.45, 2.75) is 335 Å². The number of carbonyl (C=O) groups excluding carboxylic acids is 3. The van der Waals surface area contributed by atoms with Crippen molar-refractivity contribution in [3.05, 3.63) is 36.5 Å². The van der Waals surface area contributed by atoms with Gasteiger partial charge in [-0.3, -0.25) is 14.4 Å². The summed E-state index contributed by atoms with van der Waals surface area (Å²) in [6.45, 7) is 6.64. The molecule has 0 aliphatic rings. The molecule has 1 atom stereocenters. The van der Waals surface area contributed by atoms with Gasteiger partial charge in [-0.1, -0.05) is 269 Å². The van der Waals surface area contributed by atoms with E-state index in [1.807, 2.05) is 0 Å². The van der Waals surface area contributed by atoms with E-state index in [2.05, 4.69) is 57.2 Å². The minimum atomic E-state index is -0.773. The van der Waals surface area contributed by atoms with Crippen LogP contribution >= 0.6 is 0 Å². The summed E-state index contributed by atoms with van der Waals surface area (Å²) < 4.78 is 16.9. The van der Waals surface area contributed by atoms with E-state index in [0.717, 1.165) is 70.6 Å². The zero-order chi connectivity index (χ0) is 50.0. The van der Waals surface area contributed by atoms with Crippen LogP contribution in [0.4, 0.5) is 0 Å². The Morgan fingerprint density at radius 1 is 0.290 bits per heavy atom. The lowest BCUT2D eigenvalue weighted by molar-refractivity contribution is -0.167. The van der Waals surface area contributed by atoms with Crippen LogP contribution < -0.4 is 0 Å². The van der Waals surface area contributed by atoms with Crippen LogP contribution in [-0.4, -0.2) is 37.2 Å². The van der Waals surface area contributed by atoms with Crippen LogP contribution in [0, 0.1) is 0 Å². The molecule has 0 amide bonds. The highest BCUT2D eigenvalue weighted by Gasteiger charge is 2.19. The minimum absolute atomic E-state index is 0.0718. The molecule has 0 N–H and O–H groups in total. The Kier molecular flexibility index (Phi) is 56.2. The van der Waals surface area contributed by atoms with Crippen molar-refractivity contribution < 1.29 is 28.6 Å². The molecule has 6 heteroatoms. The van der Waals surface area contributed by atoms with Gasteiger partial charge in [0.1, 0.15) is 13.2 Å². The first-order chi connectivity index (χ1) is 34.0. The molecule has 404 valence electrons. The molecule has 0 aromatic carbocycles. The molecule has 0 spiro atoms. The van der Waals surface area contributed by atoms with Gasteiger partial charge in [-0.15, -0.1) is 0 Å². The Morgan fingerprint density at radius 3 is 0.841 bits per heavy atom. The van der Waals surface area contributed by atoms with E-state index in [1.54, 1.807) is 0 Å². The van der Waals surface area contributed by atoms with Crippen LogP contribution in [0.1, 0.15) is 329 Å². The third-order valence-electron chi connectivity index (χ3n) is 13.6. The van der Waals surface area contributed by atoms with E-state index in [4.69, 9.17) is 14.2 Å². The summed E-state index contributed by atoms with van der Waals surface area (Å²) in [4.78, 5) is 38.2. The maximum atomic E-state index is 12.9. The Hall–Kier alpha value is -2.37. The van der Waals surface area contributed by atoms with Crippen LogP contribution in [0.2, 0.25) is 0 Å². The molecule has 0 saturated carbocycles. The lowest BCUT2D eigenvalue weighted by atomic mass is 10.0. The van der Waals surface area contributed by atoms with Crippen LogP contribution in [0.15, 0.2) is 36.5 Å². The Balaban J connectivity index is 4.25. The van der Waals surface area contributed by atoms with Crippen molar-refractivity contribution in [1.29, 1.82) is 0 Å². The molecular weight excluding hydrogens is 853 g/mol. The number of hydrogen-bond donors (Lipinski definition) is 0. The van der Waals surface area contributed by atoms with Gasteiger partial charge in [-0.25, -0.2) is 0 Å². The second-order valence-electron chi connectivity index (χ2n) is 20.6. The van der Waals surface area contributed by atoms with E-state index in [0.29, 0.717) is 19.3 Å². The van der Waals surface area contributed by atoms with Crippen molar-refractivity contribution in [2.75, 3.05) is 13.2 Å². The zero-order valence-electron chi connectivity index (χ0n) is 46.3. The third-order valence-corrected chi connectivity index (χ3v) is 13.6. The van der Waals surface area contributed by atoms with E-state index in [9.17, 15) is 14.4 Å². The molecule has 0 saturated heterocycles. The summed E-state index contributed by atoms with van der Waals surface area (Å²) in [5, 5.41) is 0. The van der Waals surface area contributed by atoms with Gasteiger partial charge in [0.25, 0.3) is 0 Å². The average Bonchev–Trinajstić information content (AvgIpc) is 3.35. The Bertz CT molecular complexity index is 1160. The third kappa shape index (κ3) is 56.4. The average molecular weight is 970 g/mol. The van der Waals surface area contributed by atoms with Crippen molar-refractivity contribution in [2.24, 2.45) is 0 Å². The smallest absolute Gasteiger partial charge is 0.306 e. The van der Waals surface area contributed by atoms with E-state index >= 15 is 0 Å². The van der Waals surface area contributed by atoms with E-state index in [-0.39, 0.29) is 31.1 Å². The predicted octanol–water partition coefficient (Wildman–Crippen LogP) is 20.4. The zero-order valence-corrected chi connectivity index (χ0v) is 46.3. The van der Waals surface area contributed by atoms with Gasteiger partial charge in [0.2, 0.25) is 0 Å². The maximum absolute atomic E-state index is 12.9. The van der Waals surface area contributed by atoms with Crippen LogP contribution in [0.3, 0.4) is 0 Å². The largest absolute Gasteiger partial charge is 0.462 e. The summed E-state index contributed by atoms with van der Waals surface area (Å²) in [5.41, 5.74) is 0. The van der Waals surface area contributed by atoms with Gasteiger partial charge in [0.15, 0.2) is 6.10 Å². The molecule has 0 heterocycles. The molecule has 0 radical (unpaired) electrons. The fourth-order valence-electron chi connectivity index (χ4n) is 9.00. The molecule has 1 unspecified atom stereocenters. The SMILES string of the molecule is CCCCC/C=C\C/C=C\CCCCCCCCCC(=O)OC(COC(=O)CCCCCCCCCCCCC)COC(=O)CCCCCCCCCCCCC/C=C\CCCCCCCCCC. The summed E-state index contributed by atoms with van der Waals surface area (Å²) in [5.74, 6) is -0.863. The number of hydrogen-bond acceptors (Lipinski definition) is 6. The number of rotatable bonds is 56. The van der Waals surface area contributed by atoms with E-state index < -0.39 is 6.10 Å². The van der Waals surface area contributed by atoms with Crippen molar-refractivity contribution in [1.82, 2.24) is 0 Å². The first kappa shape index (κ1) is 66.6. The van der Waals surface area contributed by atoms with Crippen molar-refractivity contribution in [3.63, 3.8) is 0 Å². The number of carbonyl (C=O) groups is 3. The van der Waals surface area contributed by atoms with Gasteiger partial charge < -0.3 is 14.2 Å². The summed E-state index contributed by atoms with van der Waals surface area (Å²) >= 11 is 0.